The lowest BCUT2D eigenvalue weighted by Crippen LogP contribution is -2.36. The van der Waals surface area contributed by atoms with Gasteiger partial charge in [-0.3, -0.25) is 9.52 Å². The number of ether oxygens (including phenoxy) is 1. The summed E-state index contributed by atoms with van der Waals surface area (Å²) in [6.07, 6.45) is 3.39. The van der Waals surface area contributed by atoms with Crippen molar-refractivity contribution in [2.75, 3.05) is 38.0 Å². The standard InChI is InChI=1S/C24H33N3O4S/c1-18-6-4-14-27(17-18)15-5-13-25-24(28)23-16-22(12-7-19(23)2)32(29,30)26-20-8-10-21(31-3)11-9-20/h7-12,16,18,26H,4-6,13-15,17H2,1-3H3,(H,25,28). The van der Waals surface area contributed by atoms with Crippen LogP contribution in [0.5, 0.6) is 5.75 Å². The van der Waals surface area contributed by atoms with Gasteiger partial charge in [-0.15, -0.1) is 0 Å². The molecule has 2 aromatic carbocycles. The summed E-state index contributed by atoms with van der Waals surface area (Å²) in [5.74, 6) is 1.12. The van der Waals surface area contributed by atoms with Crippen LogP contribution in [0, 0.1) is 12.8 Å². The van der Waals surface area contributed by atoms with Gasteiger partial charge in [0, 0.05) is 24.3 Å². The van der Waals surface area contributed by atoms with Crippen molar-refractivity contribution in [3.63, 3.8) is 0 Å². The number of hydrogen-bond acceptors (Lipinski definition) is 5. The average Bonchev–Trinajstić information content (AvgIpc) is 2.77. The Balaban J connectivity index is 1.60. The van der Waals surface area contributed by atoms with E-state index in [9.17, 15) is 13.2 Å². The molecule has 2 aromatic rings. The fourth-order valence-corrected chi connectivity index (χ4v) is 5.06. The zero-order valence-corrected chi connectivity index (χ0v) is 19.9. The second-order valence-electron chi connectivity index (χ2n) is 8.47. The number of amides is 1. The molecule has 0 aliphatic carbocycles. The van der Waals surface area contributed by atoms with E-state index in [1.54, 1.807) is 44.4 Å². The van der Waals surface area contributed by atoms with E-state index in [4.69, 9.17) is 4.74 Å². The molecule has 0 saturated carbocycles. The fraction of sp³-hybridized carbons (Fsp3) is 0.458. The van der Waals surface area contributed by atoms with Crippen molar-refractivity contribution >= 4 is 21.6 Å². The lowest BCUT2D eigenvalue weighted by atomic mass is 10.0. The van der Waals surface area contributed by atoms with E-state index in [0.717, 1.165) is 37.5 Å². The van der Waals surface area contributed by atoms with Crippen molar-refractivity contribution in [1.29, 1.82) is 0 Å². The van der Waals surface area contributed by atoms with Gasteiger partial charge in [-0.05, 0) is 87.2 Å². The predicted molar refractivity (Wildman–Crippen MR) is 127 cm³/mol. The number of hydrogen-bond donors (Lipinski definition) is 2. The van der Waals surface area contributed by atoms with E-state index in [1.165, 1.54) is 25.0 Å². The van der Waals surface area contributed by atoms with Crippen molar-refractivity contribution in [2.45, 2.75) is 38.0 Å². The summed E-state index contributed by atoms with van der Waals surface area (Å²) < 4.78 is 33.3. The first-order valence-electron chi connectivity index (χ1n) is 11.1. The van der Waals surface area contributed by atoms with Gasteiger partial charge in [-0.2, -0.15) is 0 Å². The van der Waals surface area contributed by atoms with E-state index < -0.39 is 10.0 Å². The Morgan fingerprint density at radius 3 is 2.62 bits per heavy atom. The van der Waals surface area contributed by atoms with Crippen molar-refractivity contribution < 1.29 is 17.9 Å². The van der Waals surface area contributed by atoms with E-state index in [1.807, 2.05) is 0 Å². The van der Waals surface area contributed by atoms with Crippen molar-refractivity contribution in [1.82, 2.24) is 10.2 Å². The minimum Gasteiger partial charge on any atom is -0.497 e. The second kappa shape index (κ2) is 10.8. The number of aryl methyl sites for hydroxylation is 1. The number of piperidine rings is 1. The molecular weight excluding hydrogens is 426 g/mol. The largest absolute Gasteiger partial charge is 0.497 e. The zero-order valence-electron chi connectivity index (χ0n) is 19.1. The molecule has 0 aromatic heterocycles. The molecule has 8 heteroatoms. The van der Waals surface area contributed by atoms with E-state index >= 15 is 0 Å². The fourth-order valence-electron chi connectivity index (χ4n) is 3.98. The molecule has 1 atom stereocenters. The van der Waals surface area contributed by atoms with Crippen LogP contribution >= 0.6 is 0 Å². The predicted octanol–water partition coefficient (Wildman–Crippen LogP) is 3.66. The number of nitrogens with zero attached hydrogens (tertiary/aromatic N) is 1. The van der Waals surface area contributed by atoms with Crippen molar-refractivity contribution in [2.24, 2.45) is 5.92 Å². The molecule has 1 aliphatic heterocycles. The summed E-state index contributed by atoms with van der Waals surface area (Å²) in [4.78, 5) is 15.2. The number of rotatable bonds is 9. The van der Waals surface area contributed by atoms with Crippen LogP contribution in [0.1, 0.15) is 42.1 Å². The maximum Gasteiger partial charge on any atom is 0.261 e. The molecule has 174 valence electrons. The molecule has 0 bridgehead atoms. The van der Waals surface area contributed by atoms with E-state index in [0.29, 0.717) is 23.5 Å². The third-order valence-electron chi connectivity index (χ3n) is 5.78. The normalized spacial score (nSPS) is 17.0. The lowest BCUT2D eigenvalue weighted by Gasteiger charge is -2.30. The molecule has 0 spiro atoms. The first-order chi connectivity index (χ1) is 15.3. The SMILES string of the molecule is COc1ccc(NS(=O)(=O)c2ccc(C)c(C(=O)NCCCN3CCCC(C)C3)c2)cc1. The van der Waals surface area contributed by atoms with Crippen LogP contribution in [-0.2, 0) is 10.0 Å². The number of benzene rings is 2. The Labute approximate surface area is 191 Å². The maximum absolute atomic E-state index is 12.8. The third-order valence-corrected chi connectivity index (χ3v) is 7.16. The summed E-state index contributed by atoms with van der Waals surface area (Å²) in [6.45, 7) is 7.85. The highest BCUT2D eigenvalue weighted by Crippen LogP contribution is 2.21. The Kier molecular flexibility index (Phi) is 8.15. The van der Waals surface area contributed by atoms with Gasteiger partial charge < -0.3 is 15.0 Å². The van der Waals surface area contributed by atoms with Crippen LogP contribution in [0.2, 0.25) is 0 Å². The monoisotopic (exact) mass is 459 g/mol. The van der Waals surface area contributed by atoms with Gasteiger partial charge in [-0.1, -0.05) is 13.0 Å². The molecule has 32 heavy (non-hydrogen) atoms. The Bertz CT molecular complexity index is 1020. The maximum atomic E-state index is 12.8. The van der Waals surface area contributed by atoms with Gasteiger partial charge in [-0.25, -0.2) is 8.42 Å². The first kappa shape index (κ1) is 24.1. The Hall–Kier alpha value is -2.58. The van der Waals surface area contributed by atoms with Crippen LogP contribution in [0.4, 0.5) is 5.69 Å². The minimum absolute atomic E-state index is 0.0476. The molecular formula is C24H33N3O4S. The Morgan fingerprint density at radius 2 is 1.94 bits per heavy atom. The molecule has 2 N–H and O–H groups in total. The summed E-state index contributed by atoms with van der Waals surface area (Å²) in [6, 6.07) is 11.2. The molecule has 7 nitrogen and oxygen atoms in total. The van der Waals surface area contributed by atoms with Crippen molar-refractivity contribution in [3.8, 4) is 5.75 Å². The molecule has 1 heterocycles. The molecule has 3 rings (SSSR count). The number of anilines is 1. The number of carbonyl (C=O) groups excluding carboxylic acids is 1. The smallest absolute Gasteiger partial charge is 0.261 e. The second-order valence-corrected chi connectivity index (χ2v) is 10.2. The summed E-state index contributed by atoms with van der Waals surface area (Å²) >= 11 is 0. The van der Waals surface area contributed by atoms with Crippen LogP contribution in [-0.4, -0.2) is 52.5 Å². The zero-order chi connectivity index (χ0) is 23.1. The minimum atomic E-state index is -3.83. The van der Waals surface area contributed by atoms with Crippen molar-refractivity contribution in [3.05, 3.63) is 53.6 Å². The summed E-state index contributed by atoms with van der Waals surface area (Å²) in [5.41, 5.74) is 1.52. The highest BCUT2D eigenvalue weighted by atomic mass is 32.2. The van der Waals surface area contributed by atoms with Crippen LogP contribution < -0.4 is 14.8 Å². The van der Waals surface area contributed by atoms with Crippen LogP contribution in [0.15, 0.2) is 47.4 Å². The Morgan fingerprint density at radius 1 is 1.19 bits per heavy atom. The van der Waals surface area contributed by atoms with E-state index in [-0.39, 0.29) is 10.8 Å². The highest BCUT2D eigenvalue weighted by molar-refractivity contribution is 7.92. The number of methoxy groups -OCH3 is 1. The molecule has 1 fully saturated rings. The molecule has 0 radical (unpaired) electrons. The number of likely N-dealkylation sites (tertiary alicyclic amines) is 1. The molecule has 1 saturated heterocycles. The summed E-state index contributed by atoms with van der Waals surface area (Å²) in [7, 11) is -2.28. The van der Waals surface area contributed by atoms with Gasteiger partial charge in [0.05, 0.1) is 12.0 Å². The van der Waals surface area contributed by atoms with Gasteiger partial charge >= 0.3 is 0 Å². The lowest BCUT2D eigenvalue weighted by molar-refractivity contribution is 0.0949. The van der Waals surface area contributed by atoms with Crippen LogP contribution in [0.25, 0.3) is 0 Å². The quantitative estimate of drug-likeness (QED) is 0.559. The number of sulfonamides is 1. The third kappa shape index (κ3) is 6.46. The van der Waals surface area contributed by atoms with Gasteiger partial charge in [0.15, 0.2) is 0 Å². The van der Waals surface area contributed by atoms with Gasteiger partial charge in [0.2, 0.25) is 0 Å². The molecule has 1 unspecified atom stereocenters. The molecule has 1 aliphatic rings. The average molecular weight is 460 g/mol. The first-order valence-corrected chi connectivity index (χ1v) is 12.5. The number of nitrogens with one attached hydrogen (secondary N) is 2. The number of carbonyl (C=O) groups is 1. The highest BCUT2D eigenvalue weighted by Gasteiger charge is 2.19. The molecule has 1 amide bonds. The topological polar surface area (TPSA) is 87.7 Å². The van der Waals surface area contributed by atoms with Gasteiger partial charge in [0.25, 0.3) is 15.9 Å². The van der Waals surface area contributed by atoms with Gasteiger partial charge in [0.1, 0.15) is 5.75 Å². The van der Waals surface area contributed by atoms with E-state index in [2.05, 4.69) is 21.9 Å². The summed E-state index contributed by atoms with van der Waals surface area (Å²) in [5, 5.41) is 2.94. The van der Waals surface area contributed by atoms with Crippen LogP contribution in [0.3, 0.4) is 0 Å².